The number of pyridine rings is 1. The summed E-state index contributed by atoms with van der Waals surface area (Å²) in [5, 5.41) is 8.58. The quantitative estimate of drug-likeness (QED) is 0.842. The first-order valence-corrected chi connectivity index (χ1v) is 11.1. The van der Waals surface area contributed by atoms with Gasteiger partial charge in [-0.2, -0.15) is 5.10 Å². The third-order valence-electron chi connectivity index (χ3n) is 6.57. The average molecular weight is 396 g/mol. The van der Waals surface area contributed by atoms with Gasteiger partial charge in [0.25, 0.3) is 5.56 Å². The molecule has 156 valence electrons. The van der Waals surface area contributed by atoms with Crippen LogP contribution >= 0.6 is 0 Å². The Morgan fingerprint density at radius 2 is 1.59 bits per heavy atom. The first-order chi connectivity index (χ1) is 14.1. The van der Waals surface area contributed by atoms with Gasteiger partial charge in [0.1, 0.15) is 0 Å². The summed E-state index contributed by atoms with van der Waals surface area (Å²) in [6, 6.07) is 9.39. The van der Waals surface area contributed by atoms with Gasteiger partial charge in [0.15, 0.2) is 0 Å². The molecule has 1 aliphatic carbocycles. The Bertz CT molecular complexity index is 834. The van der Waals surface area contributed by atoms with Crippen molar-refractivity contribution in [2.45, 2.75) is 76.5 Å². The molecule has 6 heteroatoms. The van der Waals surface area contributed by atoms with Crippen LogP contribution in [0.15, 0.2) is 41.5 Å². The molecule has 2 aromatic heterocycles. The summed E-state index contributed by atoms with van der Waals surface area (Å²) in [6.45, 7) is 6.97. The van der Waals surface area contributed by atoms with Gasteiger partial charge in [-0.05, 0) is 83.7 Å². The van der Waals surface area contributed by atoms with Crippen LogP contribution in [0.25, 0.3) is 11.3 Å². The minimum Gasteiger partial charge on any atom is -0.311 e. The van der Waals surface area contributed by atoms with E-state index in [1.807, 2.05) is 18.2 Å². The Morgan fingerprint density at radius 3 is 2.24 bits per heavy atom. The number of hydrogen-bond donors (Lipinski definition) is 1. The lowest BCUT2D eigenvalue weighted by Gasteiger charge is -2.38. The van der Waals surface area contributed by atoms with E-state index in [1.165, 1.54) is 25.9 Å². The van der Waals surface area contributed by atoms with Crippen molar-refractivity contribution in [1.82, 2.24) is 25.0 Å². The SMILES string of the molecule is CC(C)N1CCC(NC2CCC(n3nc(-c4ccncc4)ccc3=O)CC2)CC1. The second-order valence-electron chi connectivity index (χ2n) is 8.81. The van der Waals surface area contributed by atoms with E-state index in [0.717, 1.165) is 36.9 Å². The van der Waals surface area contributed by atoms with Crippen LogP contribution in [-0.2, 0) is 0 Å². The minimum atomic E-state index is 0.000252. The number of rotatable bonds is 5. The lowest BCUT2D eigenvalue weighted by atomic mass is 9.90. The van der Waals surface area contributed by atoms with Gasteiger partial charge in [-0.15, -0.1) is 0 Å². The summed E-state index contributed by atoms with van der Waals surface area (Å²) in [7, 11) is 0. The zero-order chi connectivity index (χ0) is 20.2. The molecule has 0 radical (unpaired) electrons. The van der Waals surface area contributed by atoms with Gasteiger partial charge in [0.2, 0.25) is 0 Å². The van der Waals surface area contributed by atoms with Crippen molar-refractivity contribution in [3.05, 3.63) is 47.0 Å². The van der Waals surface area contributed by atoms with Crippen LogP contribution in [0.3, 0.4) is 0 Å². The molecule has 4 rings (SSSR count). The van der Waals surface area contributed by atoms with Crippen molar-refractivity contribution in [2.75, 3.05) is 13.1 Å². The molecule has 0 bridgehead atoms. The van der Waals surface area contributed by atoms with E-state index in [0.29, 0.717) is 18.1 Å². The molecule has 1 saturated heterocycles. The number of hydrogen-bond acceptors (Lipinski definition) is 5. The first kappa shape index (κ1) is 20.2. The molecule has 0 amide bonds. The van der Waals surface area contributed by atoms with E-state index in [9.17, 15) is 4.79 Å². The predicted octanol–water partition coefficient (Wildman–Crippen LogP) is 3.25. The highest BCUT2D eigenvalue weighted by Crippen LogP contribution is 2.28. The van der Waals surface area contributed by atoms with Crippen molar-refractivity contribution in [2.24, 2.45) is 0 Å². The van der Waals surface area contributed by atoms with Crippen LogP contribution in [0.5, 0.6) is 0 Å². The highest BCUT2D eigenvalue weighted by molar-refractivity contribution is 5.57. The molecule has 29 heavy (non-hydrogen) atoms. The van der Waals surface area contributed by atoms with Crippen LogP contribution in [0.1, 0.15) is 58.4 Å². The summed E-state index contributed by atoms with van der Waals surface area (Å²) in [4.78, 5) is 19.1. The molecular weight excluding hydrogens is 362 g/mol. The van der Waals surface area contributed by atoms with E-state index in [-0.39, 0.29) is 11.6 Å². The van der Waals surface area contributed by atoms with E-state index in [2.05, 4.69) is 34.1 Å². The number of piperidine rings is 1. The Morgan fingerprint density at radius 1 is 0.931 bits per heavy atom. The maximum Gasteiger partial charge on any atom is 0.267 e. The van der Waals surface area contributed by atoms with Gasteiger partial charge in [-0.25, -0.2) is 4.68 Å². The Hall–Kier alpha value is -2.05. The summed E-state index contributed by atoms with van der Waals surface area (Å²) < 4.78 is 1.72. The fourth-order valence-corrected chi connectivity index (χ4v) is 4.77. The number of nitrogens with one attached hydrogen (secondary N) is 1. The molecule has 0 atom stereocenters. The molecule has 1 saturated carbocycles. The van der Waals surface area contributed by atoms with Gasteiger partial charge in [0.05, 0.1) is 11.7 Å². The normalized spacial score (nSPS) is 24.1. The lowest BCUT2D eigenvalue weighted by molar-refractivity contribution is 0.149. The van der Waals surface area contributed by atoms with Crippen LogP contribution in [0.4, 0.5) is 0 Å². The van der Waals surface area contributed by atoms with Gasteiger partial charge >= 0.3 is 0 Å². The van der Waals surface area contributed by atoms with Crippen LogP contribution < -0.4 is 10.9 Å². The van der Waals surface area contributed by atoms with Crippen molar-refractivity contribution < 1.29 is 0 Å². The molecule has 1 N–H and O–H groups in total. The number of nitrogens with zero attached hydrogens (tertiary/aromatic N) is 4. The average Bonchev–Trinajstić information content (AvgIpc) is 2.76. The van der Waals surface area contributed by atoms with Crippen molar-refractivity contribution >= 4 is 0 Å². The molecule has 0 unspecified atom stereocenters. The van der Waals surface area contributed by atoms with E-state index >= 15 is 0 Å². The van der Waals surface area contributed by atoms with Gasteiger partial charge in [-0.1, -0.05) is 0 Å². The Labute approximate surface area is 173 Å². The predicted molar refractivity (Wildman–Crippen MR) is 116 cm³/mol. The maximum atomic E-state index is 12.5. The largest absolute Gasteiger partial charge is 0.311 e. The third kappa shape index (κ3) is 4.93. The van der Waals surface area contributed by atoms with Crippen LogP contribution in [-0.4, -0.2) is 50.9 Å². The number of aromatic nitrogens is 3. The Balaban J connectivity index is 1.34. The molecule has 0 aromatic carbocycles. The zero-order valence-corrected chi connectivity index (χ0v) is 17.6. The van der Waals surface area contributed by atoms with Crippen molar-refractivity contribution in [3.63, 3.8) is 0 Å². The van der Waals surface area contributed by atoms with Crippen molar-refractivity contribution in [1.29, 1.82) is 0 Å². The van der Waals surface area contributed by atoms with E-state index in [4.69, 9.17) is 0 Å². The summed E-state index contributed by atoms with van der Waals surface area (Å²) >= 11 is 0. The van der Waals surface area contributed by atoms with Gasteiger partial charge < -0.3 is 10.2 Å². The zero-order valence-electron chi connectivity index (χ0n) is 17.6. The highest BCUT2D eigenvalue weighted by Gasteiger charge is 2.27. The molecule has 2 aromatic rings. The lowest BCUT2D eigenvalue weighted by Crippen LogP contribution is -2.48. The monoisotopic (exact) mass is 395 g/mol. The highest BCUT2D eigenvalue weighted by atomic mass is 16.1. The second-order valence-corrected chi connectivity index (χ2v) is 8.81. The fraction of sp³-hybridized carbons (Fsp3) is 0.609. The maximum absolute atomic E-state index is 12.5. The molecule has 3 heterocycles. The Kier molecular flexibility index (Phi) is 6.40. The van der Waals surface area contributed by atoms with Crippen LogP contribution in [0.2, 0.25) is 0 Å². The topological polar surface area (TPSA) is 63.1 Å². The molecular formula is C23H33N5O. The molecule has 1 aliphatic heterocycles. The smallest absolute Gasteiger partial charge is 0.267 e. The van der Waals surface area contributed by atoms with E-state index in [1.54, 1.807) is 23.1 Å². The number of likely N-dealkylation sites (tertiary alicyclic amines) is 1. The summed E-state index contributed by atoms with van der Waals surface area (Å²) in [6.07, 6.45) is 10.2. The molecule has 2 fully saturated rings. The first-order valence-electron chi connectivity index (χ1n) is 11.1. The fourth-order valence-electron chi connectivity index (χ4n) is 4.77. The van der Waals surface area contributed by atoms with E-state index < -0.39 is 0 Å². The minimum absolute atomic E-state index is 0.000252. The van der Waals surface area contributed by atoms with Crippen molar-refractivity contribution in [3.8, 4) is 11.3 Å². The summed E-state index contributed by atoms with van der Waals surface area (Å²) in [5.41, 5.74) is 1.83. The van der Waals surface area contributed by atoms with Gasteiger partial charge in [0, 0.05) is 42.1 Å². The summed E-state index contributed by atoms with van der Waals surface area (Å²) in [5.74, 6) is 0. The third-order valence-corrected chi connectivity index (χ3v) is 6.57. The molecule has 0 spiro atoms. The standard InChI is InChI=1S/C23H33N5O/c1-17(2)27-15-11-20(12-16-27)25-19-3-5-21(6-4-19)28-23(29)8-7-22(26-28)18-9-13-24-14-10-18/h7-10,13-14,17,19-21,25H,3-6,11-12,15-16H2,1-2H3. The van der Waals surface area contributed by atoms with Crippen LogP contribution in [0, 0.1) is 0 Å². The second kappa shape index (κ2) is 9.18. The van der Waals surface area contributed by atoms with Gasteiger partial charge in [-0.3, -0.25) is 9.78 Å². The molecule has 6 nitrogen and oxygen atoms in total. The molecule has 2 aliphatic rings.